The van der Waals surface area contributed by atoms with Gasteiger partial charge in [-0.2, -0.15) is 0 Å². The van der Waals surface area contributed by atoms with E-state index in [1.807, 2.05) is 5.87 Å². The predicted octanol–water partition coefficient (Wildman–Crippen LogP) is 0.103. The number of quaternary nitrogens is 1. The number of benzene rings is 1. The quantitative estimate of drug-likeness (QED) is 0.542. The van der Waals surface area contributed by atoms with Gasteiger partial charge in [-0.1, -0.05) is 0 Å². The zero-order valence-corrected chi connectivity index (χ0v) is 15.1. The number of rotatable bonds is 1. The molecule has 5 nitrogen and oxygen atoms in total. The Hall–Kier alpha value is -1.62. The molecule has 1 atom stereocenters. The van der Waals surface area contributed by atoms with Crippen LogP contribution >= 0.6 is 0 Å². The molecule has 1 N–H and O–H groups in total. The van der Waals surface area contributed by atoms with E-state index in [9.17, 15) is 9.18 Å². The fourth-order valence-corrected chi connectivity index (χ4v) is 3.12. The monoisotopic (exact) mass is 396 g/mol. The number of likely N-dealkylation sites (N-methyl/N-ethyl adjacent to an activating group) is 1. The number of halogens is 1. The van der Waals surface area contributed by atoms with E-state index in [0.29, 0.717) is 11.1 Å². The fraction of sp³-hybridized carbons (Fsp3) is 0.412. The molecule has 2 heterocycles. The molecule has 1 fully saturated rings. The number of hydrogen-bond donors (Lipinski definition) is 1. The van der Waals surface area contributed by atoms with Crippen LogP contribution in [-0.2, 0) is 9.53 Å². The van der Waals surface area contributed by atoms with Crippen LogP contribution in [0.25, 0.3) is 5.41 Å². The van der Waals surface area contributed by atoms with Gasteiger partial charge in [-0.15, -0.1) is 0 Å². The Morgan fingerprint density at radius 2 is 2.04 bits per heavy atom. The van der Waals surface area contributed by atoms with Crippen LogP contribution in [-0.4, -0.2) is 65.8 Å². The Balaban J connectivity index is 0.000000249. The maximum absolute atomic E-state index is 13.7. The van der Waals surface area contributed by atoms with Crippen molar-refractivity contribution in [2.75, 3.05) is 33.4 Å². The molecule has 1 radical (unpaired) electrons. The molecule has 24 heavy (non-hydrogen) atoms. The van der Waals surface area contributed by atoms with Crippen LogP contribution in [0.4, 0.5) is 4.39 Å². The number of carbonyl (C=O) groups is 1. The number of allylic oxidation sites excluding steroid dienone is 1. The maximum atomic E-state index is 13.7. The second-order valence-electron chi connectivity index (χ2n) is 5.68. The average molecular weight is 395 g/mol. The molecule has 1 saturated heterocycles. The minimum absolute atomic E-state index is 0.0367. The predicted molar refractivity (Wildman–Crippen MR) is 91.3 cm³/mol. The number of aliphatic imine (C=N–C) groups is 1. The molecule has 2 aliphatic heterocycles. The van der Waals surface area contributed by atoms with Crippen LogP contribution in [0.1, 0.15) is 17.9 Å². The van der Waals surface area contributed by atoms with E-state index in [0.717, 1.165) is 13.2 Å². The molecule has 1 unspecified atom stereocenters. The molecule has 1 aromatic carbocycles. The summed E-state index contributed by atoms with van der Waals surface area (Å²) in [6, 6.07) is 6.16. The number of hydrogen-bond acceptors (Lipinski definition) is 2. The first-order chi connectivity index (χ1) is 11.5. The first kappa shape index (κ1) is 18.7. The van der Waals surface area contributed by atoms with E-state index < -0.39 is 11.7 Å². The molecule has 0 spiro atoms. The third-order valence-corrected chi connectivity index (χ3v) is 4.58. The molecule has 1 amide bonds. The van der Waals surface area contributed by atoms with Crippen molar-refractivity contribution in [1.29, 1.82) is 0 Å². The summed E-state index contributed by atoms with van der Waals surface area (Å²) in [5, 5.41) is 9.05. The van der Waals surface area contributed by atoms with E-state index in [4.69, 9.17) is 10.1 Å². The molecule has 7 heteroatoms. The van der Waals surface area contributed by atoms with Gasteiger partial charge in [0.2, 0.25) is 0 Å². The van der Waals surface area contributed by atoms with Crippen molar-refractivity contribution in [3.05, 3.63) is 46.6 Å². The number of amides is 1. The molecule has 0 saturated carbocycles. The molecule has 0 aliphatic carbocycles. The molecular weight excluding hydrogens is 376 g/mol. The summed E-state index contributed by atoms with van der Waals surface area (Å²) in [6.45, 7) is 4.26. The molecule has 1 aromatic rings. The topological polar surface area (TPSA) is 65.4 Å². The normalized spacial score (nSPS) is 21.4. The summed E-state index contributed by atoms with van der Waals surface area (Å²) in [4.78, 5) is 16.6. The minimum atomic E-state index is -0.539. The summed E-state index contributed by atoms with van der Waals surface area (Å²) in [5.41, 5.74) is 0.676. The summed E-state index contributed by atoms with van der Waals surface area (Å²) in [5.74, 6) is 0.695. The SMILES string of the molecule is C[NH+]1CCOCC1.[N-]=C=C1C([Se])=NC(=O)CC1c1ccccc1F. The molecule has 0 bridgehead atoms. The van der Waals surface area contributed by atoms with Crippen LogP contribution in [0.15, 0.2) is 34.8 Å². The number of ether oxygens (including phenoxy) is 1. The molecule has 0 aromatic heterocycles. The van der Waals surface area contributed by atoms with Gasteiger partial charge in [-0.25, -0.2) is 0 Å². The van der Waals surface area contributed by atoms with Gasteiger partial charge in [0, 0.05) is 0 Å². The van der Waals surface area contributed by atoms with Gasteiger partial charge in [-0.3, -0.25) is 0 Å². The van der Waals surface area contributed by atoms with E-state index >= 15 is 0 Å². The summed E-state index contributed by atoms with van der Waals surface area (Å²) in [7, 11) is 2.20. The molecule has 3 rings (SSSR count). The van der Waals surface area contributed by atoms with Crippen molar-refractivity contribution in [2.24, 2.45) is 4.99 Å². The Morgan fingerprint density at radius 1 is 1.38 bits per heavy atom. The van der Waals surface area contributed by atoms with Crippen LogP contribution in [0.5, 0.6) is 0 Å². The second kappa shape index (κ2) is 9.02. The van der Waals surface area contributed by atoms with Crippen LogP contribution in [0.2, 0.25) is 0 Å². The van der Waals surface area contributed by atoms with E-state index in [-0.39, 0.29) is 16.9 Å². The van der Waals surface area contributed by atoms with Crippen molar-refractivity contribution >= 4 is 32.4 Å². The van der Waals surface area contributed by atoms with Gasteiger partial charge in [0.1, 0.15) is 13.1 Å². The van der Waals surface area contributed by atoms with Crippen molar-refractivity contribution in [2.45, 2.75) is 12.3 Å². The third-order valence-electron chi connectivity index (χ3n) is 3.93. The summed E-state index contributed by atoms with van der Waals surface area (Å²) >= 11 is 2.58. The van der Waals surface area contributed by atoms with Gasteiger partial charge in [0.05, 0.1) is 20.3 Å². The zero-order chi connectivity index (χ0) is 17.5. The molecule has 127 valence electrons. The van der Waals surface area contributed by atoms with Gasteiger partial charge in [0.15, 0.2) is 0 Å². The van der Waals surface area contributed by atoms with Crippen LogP contribution in [0, 0.1) is 5.82 Å². The Labute approximate surface area is 148 Å². The van der Waals surface area contributed by atoms with Crippen LogP contribution < -0.4 is 4.90 Å². The number of morpholine rings is 1. The Morgan fingerprint density at radius 3 is 2.58 bits per heavy atom. The Kier molecular flexibility index (Phi) is 7.03. The van der Waals surface area contributed by atoms with Crippen molar-refractivity contribution in [3.63, 3.8) is 0 Å². The number of carbonyl (C=O) groups excluding carboxylic acids is 1. The van der Waals surface area contributed by atoms with Crippen molar-refractivity contribution in [3.8, 4) is 0 Å². The molecular formula is C17H19FN3O2Se. The first-order valence-corrected chi connectivity index (χ1v) is 8.58. The van der Waals surface area contributed by atoms with Crippen molar-refractivity contribution < 1.29 is 18.8 Å². The summed E-state index contributed by atoms with van der Waals surface area (Å²) in [6.07, 6.45) is 0.0367. The Bertz CT molecular complexity index is 680. The second-order valence-corrected chi connectivity index (χ2v) is 6.50. The standard InChI is InChI=1S/C12H7FN2OSe.C5H11NO/c13-10-4-2-1-3-7(10)8-5-11(16)15-12(17)9(8)6-14;1-6-2-4-7-5-3-6/h1-4,8H,5H2;2-5H2,1H3/q-1;/p+1. The van der Waals surface area contributed by atoms with E-state index in [1.54, 1.807) is 23.1 Å². The molecule has 2 aliphatic rings. The van der Waals surface area contributed by atoms with Gasteiger partial charge < -0.3 is 9.64 Å². The number of nitrogens with zero attached hydrogens (tertiary/aromatic N) is 2. The van der Waals surface area contributed by atoms with Gasteiger partial charge >= 0.3 is 106 Å². The van der Waals surface area contributed by atoms with E-state index in [1.165, 1.54) is 19.2 Å². The third kappa shape index (κ3) is 4.94. The zero-order valence-electron chi connectivity index (χ0n) is 13.4. The average Bonchev–Trinajstić information content (AvgIpc) is 2.56. The number of nitrogens with one attached hydrogen (secondary N) is 1. The first-order valence-electron chi connectivity index (χ1n) is 7.72. The summed E-state index contributed by atoms with van der Waals surface area (Å²) < 4.78 is 19.0. The van der Waals surface area contributed by atoms with Crippen molar-refractivity contribution in [1.82, 2.24) is 0 Å². The van der Waals surface area contributed by atoms with E-state index in [2.05, 4.69) is 28.1 Å². The van der Waals surface area contributed by atoms with Crippen LogP contribution in [0.3, 0.4) is 0 Å². The fourth-order valence-electron chi connectivity index (χ4n) is 2.51. The van der Waals surface area contributed by atoms with Gasteiger partial charge in [-0.05, 0) is 0 Å². The van der Waals surface area contributed by atoms with Gasteiger partial charge in [0.25, 0.3) is 0 Å².